The molecule has 1 amide bonds. The van der Waals surface area contributed by atoms with Crippen molar-refractivity contribution in [2.45, 2.75) is 6.42 Å². The van der Waals surface area contributed by atoms with E-state index >= 15 is 0 Å². The third-order valence-electron chi connectivity index (χ3n) is 3.10. The van der Waals surface area contributed by atoms with Crippen LogP contribution in [0.4, 0.5) is 0 Å². The molecule has 113 valence electrons. The first-order chi connectivity index (χ1) is 10.6. The number of amides is 1. The Bertz CT molecular complexity index is 637. The summed E-state index contributed by atoms with van der Waals surface area (Å²) in [4.78, 5) is 23.4. The fraction of sp³-hybridized carbons (Fsp3) is 0.118. The monoisotopic (exact) mass is 298 g/mol. The molecule has 0 saturated heterocycles. The van der Waals surface area contributed by atoms with E-state index in [1.165, 1.54) is 0 Å². The lowest BCUT2D eigenvalue weighted by Gasteiger charge is -2.13. The third kappa shape index (κ3) is 4.09. The van der Waals surface area contributed by atoms with Gasteiger partial charge in [-0.1, -0.05) is 30.3 Å². The molecule has 0 bridgehead atoms. The molecule has 2 aromatic carbocycles. The van der Waals surface area contributed by atoms with E-state index in [0.717, 1.165) is 5.56 Å². The SMILES string of the molecule is COc1ccc(C[C](NC(=O)c2ccccc2)C(=O)O)cc1. The second kappa shape index (κ2) is 7.26. The molecule has 22 heavy (non-hydrogen) atoms. The van der Waals surface area contributed by atoms with Crippen LogP contribution < -0.4 is 10.1 Å². The van der Waals surface area contributed by atoms with Gasteiger partial charge in [0, 0.05) is 12.0 Å². The van der Waals surface area contributed by atoms with Gasteiger partial charge in [0.15, 0.2) is 6.04 Å². The van der Waals surface area contributed by atoms with Gasteiger partial charge in [-0.3, -0.25) is 4.79 Å². The number of rotatable bonds is 6. The van der Waals surface area contributed by atoms with Crippen LogP contribution in [0.1, 0.15) is 15.9 Å². The number of carbonyl (C=O) groups excluding carboxylic acids is 1. The molecular formula is C17H16NO4. The molecule has 5 nitrogen and oxygen atoms in total. The zero-order valence-corrected chi connectivity index (χ0v) is 12.1. The number of nitrogens with one attached hydrogen (secondary N) is 1. The standard InChI is InChI=1S/C17H16NO4/c1-22-14-9-7-12(8-10-14)11-15(17(20)21)18-16(19)13-5-3-2-4-6-13/h2-10H,11H2,1H3,(H,18,19)(H,20,21). The summed E-state index contributed by atoms with van der Waals surface area (Å²) in [6, 6.07) is 15.4. The summed E-state index contributed by atoms with van der Waals surface area (Å²) in [5.74, 6) is -0.902. The van der Waals surface area contributed by atoms with Gasteiger partial charge in [0.05, 0.1) is 7.11 Å². The number of benzene rings is 2. The van der Waals surface area contributed by atoms with Crippen LogP contribution >= 0.6 is 0 Å². The molecule has 1 radical (unpaired) electrons. The maximum atomic E-state index is 12.0. The Morgan fingerprint density at radius 1 is 1.05 bits per heavy atom. The Morgan fingerprint density at radius 2 is 1.68 bits per heavy atom. The van der Waals surface area contributed by atoms with Gasteiger partial charge in [-0.05, 0) is 29.8 Å². The van der Waals surface area contributed by atoms with E-state index in [0.29, 0.717) is 11.3 Å². The van der Waals surface area contributed by atoms with E-state index in [1.54, 1.807) is 61.7 Å². The van der Waals surface area contributed by atoms with Crippen molar-refractivity contribution in [3.8, 4) is 5.75 Å². The lowest BCUT2D eigenvalue weighted by atomic mass is 10.1. The highest BCUT2D eigenvalue weighted by Crippen LogP contribution is 2.15. The average molecular weight is 298 g/mol. The molecule has 0 aromatic heterocycles. The number of carboxylic acids is 1. The highest BCUT2D eigenvalue weighted by atomic mass is 16.5. The highest BCUT2D eigenvalue weighted by Gasteiger charge is 2.22. The molecule has 0 atom stereocenters. The van der Waals surface area contributed by atoms with E-state index in [2.05, 4.69) is 5.32 Å². The maximum Gasteiger partial charge on any atom is 0.332 e. The smallest absolute Gasteiger partial charge is 0.332 e. The zero-order chi connectivity index (χ0) is 15.9. The summed E-state index contributed by atoms with van der Waals surface area (Å²) in [5.41, 5.74) is 1.18. The lowest BCUT2D eigenvalue weighted by Crippen LogP contribution is -2.35. The summed E-state index contributed by atoms with van der Waals surface area (Å²) in [6.45, 7) is 0. The van der Waals surface area contributed by atoms with Crippen LogP contribution in [-0.4, -0.2) is 24.1 Å². The van der Waals surface area contributed by atoms with E-state index in [4.69, 9.17) is 4.74 Å². The number of aliphatic carboxylic acids is 1. The molecule has 2 rings (SSSR count). The van der Waals surface area contributed by atoms with Crippen molar-refractivity contribution in [2.75, 3.05) is 7.11 Å². The fourth-order valence-corrected chi connectivity index (χ4v) is 1.92. The number of carbonyl (C=O) groups is 2. The molecule has 5 heteroatoms. The predicted octanol–water partition coefficient (Wildman–Crippen LogP) is 2.28. The number of methoxy groups -OCH3 is 1. The van der Waals surface area contributed by atoms with Gasteiger partial charge < -0.3 is 15.2 Å². The second-order valence-corrected chi connectivity index (χ2v) is 4.63. The molecule has 0 unspecified atom stereocenters. The number of carboxylic acid groups (broad SMARTS) is 1. The maximum absolute atomic E-state index is 12.0. The minimum Gasteiger partial charge on any atom is -0.497 e. The van der Waals surface area contributed by atoms with Gasteiger partial charge >= 0.3 is 5.97 Å². The summed E-state index contributed by atoms with van der Waals surface area (Å²) in [6.07, 6.45) is 0.123. The molecule has 0 aliphatic rings. The van der Waals surface area contributed by atoms with Crippen LogP contribution in [0, 0.1) is 6.04 Å². The van der Waals surface area contributed by atoms with Crippen LogP contribution in [0.3, 0.4) is 0 Å². The number of ether oxygens (including phenoxy) is 1. The molecule has 0 spiro atoms. The molecule has 0 saturated carbocycles. The van der Waals surface area contributed by atoms with Gasteiger partial charge in [-0.25, -0.2) is 4.79 Å². The zero-order valence-electron chi connectivity index (χ0n) is 12.1. The fourth-order valence-electron chi connectivity index (χ4n) is 1.92. The Hall–Kier alpha value is -2.82. The predicted molar refractivity (Wildman–Crippen MR) is 81.5 cm³/mol. The molecule has 0 aliphatic heterocycles. The Balaban J connectivity index is 2.06. The first-order valence-electron chi connectivity index (χ1n) is 6.68. The van der Waals surface area contributed by atoms with Gasteiger partial charge in [0.25, 0.3) is 5.91 Å². The largest absolute Gasteiger partial charge is 0.497 e. The Kier molecular flexibility index (Phi) is 5.14. The molecule has 2 aromatic rings. The van der Waals surface area contributed by atoms with Crippen molar-refractivity contribution in [3.05, 3.63) is 71.8 Å². The highest BCUT2D eigenvalue weighted by molar-refractivity contribution is 5.99. The van der Waals surface area contributed by atoms with Crippen molar-refractivity contribution in [3.63, 3.8) is 0 Å². The van der Waals surface area contributed by atoms with Gasteiger partial charge in [-0.2, -0.15) is 0 Å². The van der Waals surface area contributed by atoms with Crippen molar-refractivity contribution in [1.82, 2.24) is 5.32 Å². The van der Waals surface area contributed by atoms with Crippen molar-refractivity contribution < 1.29 is 19.4 Å². The summed E-state index contributed by atoms with van der Waals surface area (Å²) < 4.78 is 5.05. The van der Waals surface area contributed by atoms with E-state index in [-0.39, 0.29) is 12.5 Å². The minimum atomic E-state index is -1.15. The average Bonchev–Trinajstić information content (AvgIpc) is 2.55. The van der Waals surface area contributed by atoms with Crippen LogP contribution in [0.5, 0.6) is 5.75 Å². The van der Waals surface area contributed by atoms with Crippen molar-refractivity contribution in [2.24, 2.45) is 0 Å². The number of hydrogen-bond donors (Lipinski definition) is 2. The quantitative estimate of drug-likeness (QED) is 0.858. The van der Waals surface area contributed by atoms with Crippen LogP contribution in [-0.2, 0) is 11.2 Å². The second-order valence-electron chi connectivity index (χ2n) is 4.63. The molecular weight excluding hydrogens is 282 g/mol. The normalized spacial score (nSPS) is 10.3. The molecule has 0 heterocycles. The first-order valence-corrected chi connectivity index (χ1v) is 6.68. The summed E-state index contributed by atoms with van der Waals surface area (Å²) >= 11 is 0. The van der Waals surface area contributed by atoms with Gasteiger partial charge in [0.1, 0.15) is 5.75 Å². The van der Waals surface area contributed by atoms with E-state index in [9.17, 15) is 14.7 Å². The lowest BCUT2D eigenvalue weighted by molar-refractivity contribution is -0.135. The molecule has 0 aliphatic carbocycles. The topological polar surface area (TPSA) is 75.6 Å². The van der Waals surface area contributed by atoms with Crippen LogP contribution in [0.25, 0.3) is 0 Å². The van der Waals surface area contributed by atoms with E-state index < -0.39 is 11.9 Å². The summed E-state index contributed by atoms with van der Waals surface area (Å²) in [5, 5.41) is 11.7. The minimum absolute atomic E-state index is 0.0704. The van der Waals surface area contributed by atoms with Crippen molar-refractivity contribution in [1.29, 1.82) is 0 Å². The van der Waals surface area contributed by atoms with Crippen LogP contribution in [0.2, 0.25) is 0 Å². The van der Waals surface area contributed by atoms with E-state index in [1.807, 2.05) is 0 Å². The third-order valence-corrected chi connectivity index (χ3v) is 3.10. The Morgan fingerprint density at radius 3 is 2.23 bits per heavy atom. The van der Waals surface area contributed by atoms with Crippen LogP contribution in [0.15, 0.2) is 54.6 Å². The summed E-state index contributed by atoms with van der Waals surface area (Å²) in [7, 11) is 1.56. The molecule has 2 N–H and O–H groups in total. The van der Waals surface area contributed by atoms with Gasteiger partial charge in [0.2, 0.25) is 0 Å². The first kappa shape index (κ1) is 15.6. The van der Waals surface area contributed by atoms with Crippen molar-refractivity contribution >= 4 is 11.9 Å². The number of hydrogen-bond acceptors (Lipinski definition) is 3. The Labute approximate surface area is 128 Å². The molecule has 0 fully saturated rings. The van der Waals surface area contributed by atoms with Gasteiger partial charge in [-0.15, -0.1) is 0 Å².